The molecule has 0 saturated heterocycles. The van der Waals surface area contributed by atoms with Crippen molar-refractivity contribution in [2.45, 2.75) is 64.0 Å². The Bertz CT molecular complexity index is 302. The number of amides is 1. The molecule has 3 heteroatoms. The summed E-state index contributed by atoms with van der Waals surface area (Å²) in [7, 11) is 0. The van der Waals surface area contributed by atoms with Crippen LogP contribution in [0.1, 0.15) is 52.4 Å². The molecule has 0 aromatic rings. The average Bonchev–Trinajstić information content (AvgIpc) is 2.23. The Hall–Kier alpha value is -0.570. The molecule has 4 bridgehead atoms. The van der Waals surface area contributed by atoms with E-state index in [1.165, 1.54) is 38.5 Å². The zero-order valence-electron chi connectivity index (χ0n) is 11.6. The highest BCUT2D eigenvalue weighted by molar-refractivity contribution is 5.78. The predicted octanol–water partition coefficient (Wildman–Crippen LogP) is 2.50. The van der Waals surface area contributed by atoms with E-state index in [9.17, 15) is 4.79 Å². The first kappa shape index (κ1) is 12.5. The second-order valence-electron chi connectivity index (χ2n) is 7.11. The fourth-order valence-electron chi connectivity index (χ4n) is 4.84. The summed E-state index contributed by atoms with van der Waals surface area (Å²) >= 11 is 0. The van der Waals surface area contributed by atoms with Crippen molar-refractivity contribution in [3.8, 4) is 0 Å². The summed E-state index contributed by atoms with van der Waals surface area (Å²) in [6.07, 6.45) is 8.02. The first-order valence-corrected chi connectivity index (χ1v) is 7.47. The molecule has 0 aromatic carbocycles. The Balaban J connectivity index is 1.60. The van der Waals surface area contributed by atoms with Crippen LogP contribution >= 0.6 is 0 Å². The molecule has 0 atom stereocenters. The molecule has 3 nitrogen and oxygen atoms in total. The van der Waals surface area contributed by atoms with E-state index in [-0.39, 0.29) is 24.2 Å². The monoisotopic (exact) mass is 251 g/mol. The minimum absolute atomic E-state index is 0.0886. The molecule has 0 radical (unpaired) electrons. The fraction of sp³-hybridized carbons (Fsp3) is 0.933. The summed E-state index contributed by atoms with van der Waals surface area (Å²) in [6.45, 7) is 4.16. The van der Waals surface area contributed by atoms with Gasteiger partial charge in [-0.05, 0) is 70.1 Å². The lowest BCUT2D eigenvalue weighted by molar-refractivity contribution is -0.132. The molecule has 4 rings (SSSR count). The normalized spacial score (nSPS) is 41.4. The summed E-state index contributed by atoms with van der Waals surface area (Å²) in [5, 5.41) is 3.32. The van der Waals surface area contributed by atoms with Gasteiger partial charge in [0.15, 0.2) is 0 Å². The third-order valence-electron chi connectivity index (χ3n) is 4.99. The number of nitrogens with one attached hydrogen (secondary N) is 1. The van der Waals surface area contributed by atoms with Gasteiger partial charge >= 0.3 is 0 Å². The SMILES string of the molecule is CC(C)OCC(=O)NC12CC3CC(CC(C3)C1)C2. The predicted molar refractivity (Wildman–Crippen MR) is 70.1 cm³/mol. The quantitative estimate of drug-likeness (QED) is 0.833. The van der Waals surface area contributed by atoms with E-state index in [1.807, 2.05) is 13.8 Å². The van der Waals surface area contributed by atoms with Crippen molar-refractivity contribution in [2.75, 3.05) is 6.61 Å². The molecule has 0 unspecified atom stereocenters. The van der Waals surface area contributed by atoms with Crippen molar-refractivity contribution in [3.63, 3.8) is 0 Å². The van der Waals surface area contributed by atoms with Crippen molar-refractivity contribution in [1.82, 2.24) is 5.32 Å². The lowest BCUT2D eigenvalue weighted by Crippen LogP contribution is -2.60. The maximum atomic E-state index is 12.0. The van der Waals surface area contributed by atoms with Gasteiger partial charge in [0.2, 0.25) is 5.91 Å². The highest BCUT2D eigenvalue weighted by atomic mass is 16.5. The standard InChI is InChI=1S/C15H25NO2/c1-10(2)18-9-14(17)16-15-6-11-3-12(7-15)5-13(4-11)8-15/h10-13H,3-9H2,1-2H3,(H,16,17). The lowest BCUT2D eigenvalue weighted by atomic mass is 9.53. The third-order valence-corrected chi connectivity index (χ3v) is 4.99. The van der Waals surface area contributed by atoms with E-state index in [0.717, 1.165) is 17.8 Å². The van der Waals surface area contributed by atoms with E-state index in [4.69, 9.17) is 4.74 Å². The molecule has 4 aliphatic carbocycles. The first-order valence-electron chi connectivity index (χ1n) is 7.47. The van der Waals surface area contributed by atoms with Gasteiger partial charge in [0.25, 0.3) is 0 Å². The number of hydrogen-bond acceptors (Lipinski definition) is 2. The van der Waals surface area contributed by atoms with Crippen LogP contribution < -0.4 is 5.32 Å². The number of hydrogen-bond donors (Lipinski definition) is 1. The van der Waals surface area contributed by atoms with E-state index >= 15 is 0 Å². The zero-order valence-corrected chi connectivity index (χ0v) is 11.6. The Kier molecular flexibility index (Phi) is 3.13. The average molecular weight is 251 g/mol. The molecule has 18 heavy (non-hydrogen) atoms. The highest BCUT2D eigenvalue weighted by Gasteiger charge is 2.51. The van der Waals surface area contributed by atoms with Crippen LogP contribution in [0.15, 0.2) is 0 Å². The summed E-state index contributed by atoms with van der Waals surface area (Å²) < 4.78 is 5.41. The molecule has 4 aliphatic rings. The van der Waals surface area contributed by atoms with Gasteiger partial charge in [-0.2, -0.15) is 0 Å². The van der Waals surface area contributed by atoms with Crippen molar-refractivity contribution in [3.05, 3.63) is 0 Å². The molecule has 1 amide bonds. The van der Waals surface area contributed by atoms with E-state index < -0.39 is 0 Å². The van der Waals surface area contributed by atoms with Gasteiger partial charge in [-0.3, -0.25) is 4.79 Å². The maximum absolute atomic E-state index is 12.0. The van der Waals surface area contributed by atoms with Crippen LogP contribution in [-0.2, 0) is 9.53 Å². The molecule has 1 N–H and O–H groups in total. The molecule has 0 heterocycles. The Morgan fingerprint density at radius 2 is 1.67 bits per heavy atom. The summed E-state index contributed by atoms with van der Waals surface area (Å²) in [4.78, 5) is 12.0. The minimum Gasteiger partial charge on any atom is -0.369 e. The van der Waals surface area contributed by atoms with Crippen molar-refractivity contribution < 1.29 is 9.53 Å². The van der Waals surface area contributed by atoms with Gasteiger partial charge in [0.1, 0.15) is 6.61 Å². The van der Waals surface area contributed by atoms with Crippen LogP contribution in [0.25, 0.3) is 0 Å². The van der Waals surface area contributed by atoms with Gasteiger partial charge in [0, 0.05) is 5.54 Å². The molecule has 102 valence electrons. The second-order valence-corrected chi connectivity index (χ2v) is 7.11. The molecule has 0 aromatic heterocycles. The number of rotatable bonds is 4. The zero-order chi connectivity index (χ0) is 12.8. The largest absolute Gasteiger partial charge is 0.369 e. The molecular formula is C15H25NO2. The number of carbonyl (C=O) groups is 1. The van der Waals surface area contributed by atoms with E-state index in [1.54, 1.807) is 0 Å². The Labute approximate surface area is 110 Å². The minimum atomic E-state index is 0.0886. The smallest absolute Gasteiger partial charge is 0.246 e. The third kappa shape index (κ3) is 2.42. The van der Waals surface area contributed by atoms with Crippen LogP contribution in [0, 0.1) is 17.8 Å². The lowest BCUT2D eigenvalue weighted by Gasteiger charge is -2.56. The Morgan fingerprint density at radius 1 is 1.17 bits per heavy atom. The Morgan fingerprint density at radius 3 is 2.11 bits per heavy atom. The summed E-state index contributed by atoms with van der Waals surface area (Å²) in [6, 6.07) is 0. The first-order chi connectivity index (χ1) is 8.55. The topological polar surface area (TPSA) is 38.3 Å². The van der Waals surface area contributed by atoms with Crippen molar-refractivity contribution >= 4 is 5.91 Å². The van der Waals surface area contributed by atoms with E-state index in [2.05, 4.69) is 5.32 Å². The molecular weight excluding hydrogens is 226 g/mol. The number of carbonyl (C=O) groups excluding carboxylic acids is 1. The van der Waals surface area contributed by atoms with Crippen LogP contribution in [-0.4, -0.2) is 24.2 Å². The van der Waals surface area contributed by atoms with Gasteiger partial charge in [0.05, 0.1) is 6.10 Å². The molecule has 0 spiro atoms. The van der Waals surface area contributed by atoms with Crippen molar-refractivity contribution in [2.24, 2.45) is 17.8 Å². The fourth-order valence-corrected chi connectivity index (χ4v) is 4.84. The molecule has 0 aliphatic heterocycles. The second kappa shape index (κ2) is 4.52. The maximum Gasteiger partial charge on any atom is 0.246 e. The van der Waals surface area contributed by atoms with Crippen LogP contribution in [0.4, 0.5) is 0 Å². The van der Waals surface area contributed by atoms with Gasteiger partial charge in [-0.25, -0.2) is 0 Å². The van der Waals surface area contributed by atoms with Crippen molar-refractivity contribution in [1.29, 1.82) is 0 Å². The summed E-state index contributed by atoms with van der Waals surface area (Å²) in [5.41, 5.74) is 0.131. The van der Waals surface area contributed by atoms with Gasteiger partial charge < -0.3 is 10.1 Å². The highest BCUT2D eigenvalue weighted by Crippen LogP contribution is 2.55. The summed E-state index contributed by atoms with van der Waals surface area (Å²) in [5.74, 6) is 2.72. The molecule has 4 fully saturated rings. The number of ether oxygens (including phenoxy) is 1. The van der Waals surface area contributed by atoms with Crippen LogP contribution in [0.5, 0.6) is 0 Å². The molecule has 4 saturated carbocycles. The van der Waals surface area contributed by atoms with E-state index in [0.29, 0.717) is 0 Å². The van der Waals surface area contributed by atoms with Crippen LogP contribution in [0.3, 0.4) is 0 Å². The van der Waals surface area contributed by atoms with Gasteiger partial charge in [-0.1, -0.05) is 0 Å². The van der Waals surface area contributed by atoms with Gasteiger partial charge in [-0.15, -0.1) is 0 Å². The van der Waals surface area contributed by atoms with Crippen LogP contribution in [0.2, 0.25) is 0 Å².